The smallest absolute Gasteiger partial charge is 0.242 e. The Morgan fingerprint density at radius 2 is 1.90 bits per heavy atom. The molecule has 0 spiro atoms. The normalized spacial score (nSPS) is 21.4. The number of amides is 3. The van der Waals surface area contributed by atoms with Gasteiger partial charge in [-0.25, -0.2) is 0 Å². The molecule has 31 heavy (non-hydrogen) atoms. The number of nitrogens with one attached hydrogen (secondary N) is 3. The van der Waals surface area contributed by atoms with E-state index in [2.05, 4.69) is 45.8 Å². The monoisotopic (exact) mass is 501 g/mol. The van der Waals surface area contributed by atoms with Crippen molar-refractivity contribution in [3.8, 4) is 0 Å². The first kappa shape index (κ1) is 27.6. The summed E-state index contributed by atoms with van der Waals surface area (Å²) in [6.07, 6.45) is 6.13. The SMILES string of the molecule is BCC1=CC(NC(=O)C(C)NC(=O)[C@H](C)NC(=O)CCCC[C@H](O)OC)CC(CBr)C1. The molecule has 176 valence electrons. The summed E-state index contributed by atoms with van der Waals surface area (Å²) in [4.78, 5) is 36.9. The van der Waals surface area contributed by atoms with Crippen LogP contribution in [0.5, 0.6) is 0 Å². The number of carbonyl (C=O) groups is 3. The van der Waals surface area contributed by atoms with Crippen LogP contribution in [0.25, 0.3) is 0 Å². The third-order valence-electron chi connectivity index (χ3n) is 5.47. The van der Waals surface area contributed by atoms with E-state index in [4.69, 9.17) is 4.74 Å². The van der Waals surface area contributed by atoms with Gasteiger partial charge in [-0.2, -0.15) is 0 Å². The van der Waals surface area contributed by atoms with Crippen molar-refractivity contribution in [3.63, 3.8) is 0 Å². The molecule has 4 N–H and O–H groups in total. The molecule has 0 aromatic heterocycles. The summed E-state index contributed by atoms with van der Waals surface area (Å²) in [5, 5.41) is 18.5. The summed E-state index contributed by atoms with van der Waals surface area (Å²) in [6.45, 7) is 3.22. The van der Waals surface area contributed by atoms with Gasteiger partial charge in [-0.1, -0.05) is 33.9 Å². The van der Waals surface area contributed by atoms with Crippen LogP contribution in [0.4, 0.5) is 0 Å². The summed E-state index contributed by atoms with van der Waals surface area (Å²) in [5.41, 5.74) is 1.34. The number of ether oxygens (including phenoxy) is 1. The minimum absolute atomic E-state index is 0.0353. The van der Waals surface area contributed by atoms with Gasteiger partial charge in [0, 0.05) is 24.9 Å². The highest BCUT2D eigenvalue weighted by Gasteiger charge is 2.25. The second-order valence-electron chi connectivity index (χ2n) is 8.21. The quantitative estimate of drug-likeness (QED) is 0.0978. The molecule has 0 aromatic rings. The molecule has 3 unspecified atom stereocenters. The summed E-state index contributed by atoms with van der Waals surface area (Å²) in [6, 6.07) is -1.48. The summed E-state index contributed by atoms with van der Waals surface area (Å²) < 4.78 is 4.74. The Balaban J connectivity index is 2.40. The van der Waals surface area contributed by atoms with Gasteiger partial charge in [-0.05, 0) is 51.9 Å². The highest BCUT2D eigenvalue weighted by atomic mass is 79.9. The van der Waals surface area contributed by atoms with Crippen molar-refractivity contribution in [1.29, 1.82) is 0 Å². The molecule has 1 aliphatic rings. The van der Waals surface area contributed by atoms with Crippen molar-refractivity contribution in [2.24, 2.45) is 5.92 Å². The molecule has 0 fully saturated rings. The van der Waals surface area contributed by atoms with E-state index in [1.165, 1.54) is 12.7 Å². The van der Waals surface area contributed by atoms with E-state index in [9.17, 15) is 19.5 Å². The Bertz CT molecular complexity index is 634. The van der Waals surface area contributed by atoms with Gasteiger partial charge >= 0.3 is 0 Å². The number of hydrogen-bond donors (Lipinski definition) is 4. The molecular formula is C21H37BBrN3O5. The number of hydrogen-bond acceptors (Lipinski definition) is 5. The van der Waals surface area contributed by atoms with E-state index in [1.807, 2.05) is 0 Å². The number of allylic oxidation sites excluding steroid dienone is 1. The molecule has 3 amide bonds. The molecule has 0 bridgehead atoms. The largest absolute Gasteiger partial charge is 0.368 e. The van der Waals surface area contributed by atoms with Crippen molar-refractivity contribution >= 4 is 41.5 Å². The predicted molar refractivity (Wildman–Crippen MR) is 127 cm³/mol. The molecule has 0 saturated heterocycles. The van der Waals surface area contributed by atoms with Crippen molar-refractivity contribution in [2.45, 2.75) is 83.1 Å². The average molecular weight is 502 g/mol. The van der Waals surface area contributed by atoms with Crippen LogP contribution in [0, 0.1) is 5.92 Å². The fourth-order valence-corrected chi connectivity index (χ4v) is 4.02. The van der Waals surface area contributed by atoms with E-state index < -0.39 is 24.3 Å². The van der Waals surface area contributed by atoms with Crippen LogP contribution in [-0.4, -0.2) is 67.5 Å². The standard InChI is InChI=1S/C21H37BBrN3O5/c1-13(24-18(27)6-4-5-7-19(28)31-3)20(29)25-14(2)21(30)26-17-9-15(11-22)8-16(10-17)12-23/h9,13-14,16-17,19,28H,4-8,10-12,22H2,1-3H3,(H,24,27)(H,25,29)(H,26,30)/t13-,14?,16?,17?,19+/m0/s1. The first-order chi connectivity index (χ1) is 14.7. The van der Waals surface area contributed by atoms with E-state index in [-0.39, 0.29) is 24.3 Å². The lowest BCUT2D eigenvalue weighted by atomic mass is 9.81. The van der Waals surface area contributed by atoms with Gasteiger partial charge in [0.25, 0.3) is 0 Å². The zero-order valence-corrected chi connectivity index (χ0v) is 20.7. The Labute approximate surface area is 194 Å². The zero-order valence-electron chi connectivity index (χ0n) is 19.1. The number of halogens is 1. The van der Waals surface area contributed by atoms with Crippen molar-refractivity contribution in [3.05, 3.63) is 11.6 Å². The predicted octanol–water partition coefficient (Wildman–Crippen LogP) is 0.789. The van der Waals surface area contributed by atoms with Gasteiger partial charge in [0.05, 0.1) is 0 Å². The number of rotatable bonds is 13. The van der Waals surface area contributed by atoms with Gasteiger partial charge in [0.15, 0.2) is 6.29 Å². The molecule has 8 nitrogen and oxygen atoms in total. The van der Waals surface area contributed by atoms with Crippen molar-refractivity contribution < 1.29 is 24.2 Å². The highest BCUT2D eigenvalue weighted by molar-refractivity contribution is 9.09. The maximum atomic E-state index is 12.6. The Hall–Kier alpha value is -1.39. The van der Waals surface area contributed by atoms with E-state index >= 15 is 0 Å². The van der Waals surface area contributed by atoms with E-state index in [0.717, 1.165) is 24.5 Å². The van der Waals surface area contributed by atoms with E-state index in [0.29, 0.717) is 25.2 Å². The Kier molecular flexibility index (Phi) is 13.1. The van der Waals surface area contributed by atoms with Crippen LogP contribution in [0.3, 0.4) is 0 Å². The highest BCUT2D eigenvalue weighted by Crippen LogP contribution is 2.27. The molecule has 0 aliphatic heterocycles. The third-order valence-corrected chi connectivity index (χ3v) is 6.39. The van der Waals surface area contributed by atoms with Crippen LogP contribution in [0.2, 0.25) is 6.32 Å². The first-order valence-corrected chi connectivity index (χ1v) is 12.2. The number of aliphatic hydroxyl groups excluding tert-OH is 1. The fraction of sp³-hybridized carbons (Fsp3) is 0.762. The Morgan fingerprint density at radius 1 is 1.23 bits per heavy atom. The topological polar surface area (TPSA) is 117 Å². The van der Waals surface area contributed by atoms with Gasteiger partial charge in [0.2, 0.25) is 17.7 Å². The number of alkyl halides is 1. The minimum Gasteiger partial charge on any atom is -0.368 e. The summed E-state index contributed by atoms with van der Waals surface area (Å²) in [7, 11) is 3.54. The second kappa shape index (κ2) is 14.6. The van der Waals surface area contributed by atoms with Crippen LogP contribution in [0.15, 0.2) is 11.6 Å². The lowest BCUT2D eigenvalue weighted by Gasteiger charge is -2.29. The maximum absolute atomic E-state index is 12.6. The summed E-state index contributed by atoms with van der Waals surface area (Å²) in [5.74, 6) is -0.400. The lowest BCUT2D eigenvalue weighted by molar-refractivity contribution is -0.131. The molecule has 5 atom stereocenters. The fourth-order valence-electron chi connectivity index (χ4n) is 3.53. The van der Waals surface area contributed by atoms with Gasteiger partial charge in [0.1, 0.15) is 19.9 Å². The first-order valence-electron chi connectivity index (χ1n) is 11.1. The minimum atomic E-state index is -0.816. The maximum Gasteiger partial charge on any atom is 0.242 e. The average Bonchev–Trinajstić information content (AvgIpc) is 2.75. The van der Waals surface area contributed by atoms with Crippen molar-refractivity contribution in [2.75, 3.05) is 12.4 Å². The van der Waals surface area contributed by atoms with Crippen molar-refractivity contribution in [1.82, 2.24) is 16.0 Å². The molecule has 1 rings (SSSR count). The molecule has 10 heteroatoms. The van der Waals surface area contributed by atoms with Gasteiger partial charge in [-0.3, -0.25) is 14.4 Å². The molecule has 0 heterocycles. The van der Waals surface area contributed by atoms with Crippen LogP contribution in [-0.2, 0) is 19.1 Å². The van der Waals surface area contributed by atoms with Crippen LogP contribution < -0.4 is 16.0 Å². The zero-order chi connectivity index (χ0) is 23.4. The molecule has 1 aliphatic carbocycles. The van der Waals surface area contributed by atoms with Gasteiger partial charge < -0.3 is 25.8 Å². The van der Waals surface area contributed by atoms with Crippen LogP contribution >= 0.6 is 15.9 Å². The molecule has 0 radical (unpaired) electrons. The number of carbonyl (C=O) groups excluding carboxylic acids is 3. The second-order valence-corrected chi connectivity index (χ2v) is 8.86. The molecule has 0 saturated carbocycles. The number of methoxy groups -OCH3 is 1. The summed E-state index contributed by atoms with van der Waals surface area (Å²) >= 11 is 3.54. The van der Waals surface area contributed by atoms with Crippen LogP contribution in [0.1, 0.15) is 52.4 Å². The van der Waals surface area contributed by atoms with E-state index in [1.54, 1.807) is 13.8 Å². The molecule has 0 aromatic carbocycles. The van der Waals surface area contributed by atoms with Gasteiger partial charge in [-0.15, -0.1) is 0 Å². The Morgan fingerprint density at radius 3 is 2.52 bits per heavy atom. The number of aliphatic hydroxyl groups is 1. The third kappa shape index (κ3) is 10.7. The lowest BCUT2D eigenvalue weighted by Crippen LogP contribution is -2.53. The molecular weight excluding hydrogens is 465 g/mol. The number of unbranched alkanes of at least 4 members (excludes halogenated alkanes) is 1.